The summed E-state index contributed by atoms with van der Waals surface area (Å²) < 4.78 is 59.6. The number of amides is 1. The fraction of sp³-hybridized carbons (Fsp3) is 0.588. The van der Waals surface area contributed by atoms with Crippen molar-refractivity contribution in [2.45, 2.75) is 13.3 Å². The van der Waals surface area contributed by atoms with Gasteiger partial charge < -0.3 is 18.9 Å². The highest BCUT2D eigenvalue weighted by molar-refractivity contribution is 7.93. The van der Waals surface area contributed by atoms with Crippen LogP contribution in [0.15, 0.2) is 18.2 Å². The SMILES string of the molecule is CCCS(=O)(=O)N(C(=O)COCCOCCOC)c1ccc(OC)c(F)c1. The first kappa shape index (κ1) is 23.3. The van der Waals surface area contributed by atoms with Gasteiger partial charge in [-0.3, -0.25) is 4.79 Å². The lowest BCUT2D eigenvalue weighted by atomic mass is 10.3. The van der Waals surface area contributed by atoms with E-state index >= 15 is 0 Å². The van der Waals surface area contributed by atoms with Gasteiger partial charge in [-0.25, -0.2) is 17.1 Å². The summed E-state index contributed by atoms with van der Waals surface area (Å²) in [6, 6.07) is 3.51. The quantitative estimate of drug-likeness (QED) is 0.459. The van der Waals surface area contributed by atoms with Crippen LogP contribution in [-0.2, 0) is 29.0 Å². The van der Waals surface area contributed by atoms with E-state index in [0.29, 0.717) is 23.9 Å². The van der Waals surface area contributed by atoms with Crippen LogP contribution in [0.4, 0.5) is 10.1 Å². The number of ether oxygens (including phenoxy) is 4. The molecule has 10 heteroatoms. The largest absolute Gasteiger partial charge is 0.494 e. The maximum absolute atomic E-state index is 14.0. The van der Waals surface area contributed by atoms with Crippen LogP contribution in [0.25, 0.3) is 0 Å². The maximum atomic E-state index is 14.0. The molecule has 0 N–H and O–H groups in total. The molecule has 0 aromatic heterocycles. The minimum absolute atomic E-state index is 0.0523. The first-order valence-corrected chi connectivity index (χ1v) is 10.0. The van der Waals surface area contributed by atoms with Crippen molar-refractivity contribution >= 4 is 21.6 Å². The second kappa shape index (κ2) is 11.9. The third-order valence-electron chi connectivity index (χ3n) is 3.37. The molecule has 0 atom stereocenters. The van der Waals surface area contributed by atoms with E-state index in [9.17, 15) is 17.6 Å². The molecule has 1 amide bonds. The lowest BCUT2D eigenvalue weighted by Gasteiger charge is -2.22. The molecule has 1 rings (SSSR count). The van der Waals surface area contributed by atoms with E-state index in [1.54, 1.807) is 14.0 Å². The molecule has 0 aliphatic carbocycles. The fourth-order valence-electron chi connectivity index (χ4n) is 2.17. The number of halogens is 1. The molecule has 0 heterocycles. The van der Waals surface area contributed by atoms with Crippen LogP contribution in [0.5, 0.6) is 5.75 Å². The zero-order valence-corrected chi connectivity index (χ0v) is 16.6. The Hall–Kier alpha value is -1.75. The fourth-order valence-corrected chi connectivity index (χ4v) is 3.67. The van der Waals surface area contributed by atoms with Gasteiger partial charge in [-0.15, -0.1) is 0 Å². The molecule has 0 saturated heterocycles. The summed E-state index contributed by atoms with van der Waals surface area (Å²) in [7, 11) is -1.13. The smallest absolute Gasteiger partial charge is 0.266 e. The lowest BCUT2D eigenvalue weighted by Crippen LogP contribution is -2.41. The minimum atomic E-state index is -3.97. The summed E-state index contributed by atoms with van der Waals surface area (Å²) >= 11 is 0. The predicted molar refractivity (Wildman–Crippen MR) is 98.0 cm³/mol. The van der Waals surface area contributed by atoms with Gasteiger partial charge in [0.2, 0.25) is 10.0 Å². The van der Waals surface area contributed by atoms with E-state index in [2.05, 4.69) is 0 Å². The molecule has 1 aromatic carbocycles. The Bertz CT molecular complexity index is 697. The van der Waals surface area contributed by atoms with Gasteiger partial charge in [0.25, 0.3) is 5.91 Å². The number of benzene rings is 1. The van der Waals surface area contributed by atoms with Crippen molar-refractivity contribution in [2.24, 2.45) is 0 Å². The van der Waals surface area contributed by atoms with Gasteiger partial charge in [-0.05, 0) is 18.6 Å². The van der Waals surface area contributed by atoms with Crippen molar-refractivity contribution < 1.29 is 36.6 Å². The van der Waals surface area contributed by atoms with E-state index in [1.807, 2.05) is 0 Å². The molecular formula is C17H26FNO7S. The van der Waals surface area contributed by atoms with E-state index in [1.165, 1.54) is 19.2 Å². The highest BCUT2D eigenvalue weighted by Gasteiger charge is 2.29. The van der Waals surface area contributed by atoms with Crippen molar-refractivity contribution in [1.82, 2.24) is 0 Å². The summed E-state index contributed by atoms with van der Waals surface area (Å²) in [5, 5.41) is 0. The first-order valence-electron chi connectivity index (χ1n) is 8.41. The summed E-state index contributed by atoms with van der Waals surface area (Å²) in [4.78, 5) is 12.5. The Labute approximate surface area is 159 Å². The van der Waals surface area contributed by atoms with Crippen LogP contribution in [0.2, 0.25) is 0 Å². The molecule has 0 aliphatic rings. The van der Waals surface area contributed by atoms with E-state index < -0.39 is 28.4 Å². The third kappa shape index (κ3) is 7.41. The standard InChI is InChI=1S/C17H26FNO7S/c1-4-11-27(21,22)19(14-5-6-16(24-3)15(18)12-14)17(20)13-26-10-9-25-8-7-23-2/h5-6,12H,4,7-11,13H2,1-3H3. The highest BCUT2D eigenvalue weighted by Crippen LogP contribution is 2.26. The van der Waals surface area contributed by atoms with Crippen LogP contribution in [-0.4, -0.2) is 67.3 Å². The predicted octanol–water partition coefficient (Wildman–Crippen LogP) is 1.59. The molecule has 8 nitrogen and oxygen atoms in total. The van der Waals surface area contributed by atoms with Crippen molar-refractivity contribution in [3.8, 4) is 5.75 Å². The molecule has 0 fully saturated rings. The van der Waals surface area contributed by atoms with Crippen molar-refractivity contribution in [2.75, 3.05) is 57.3 Å². The number of nitrogens with zero attached hydrogens (tertiary/aromatic N) is 1. The number of sulfonamides is 1. The van der Waals surface area contributed by atoms with Crippen LogP contribution in [0.1, 0.15) is 13.3 Å². The molecule has 0 radical (unpaired) electrons. The average Bonchev–Trinajstić information content (AvgIpc) is 2.61. The van der Waals surface area contributed by atoms with Gasteiger partial charge in [0, 0.05) is 13.2 Å². The van der Waals surface area contributed by atoms with Gasteiger partial charge >= 0.3 is 0 Å². The lowest BCUT2D eigenvalue weighted by molar-refractivity contribution is -0.122. The van der Waals surface area contributed by atoms with Gasteiger partial charge in [0.1, 0.15) is 6.61 Å². The van der Waals surface area contributed by atoms with Crippen molar-refractivity contribution in [3.05, 3.63) is 24.0 Å². The van der Waals surface area contributed by atoms with Gasteiger partial charge in [-0.1, -0.05) is 6.92 Å². The number of methoxy groups -OCH3 is 2. The molecule has 154 valence electrons. The Morgan fingerprint density at radius 2 is 1.78 bits per heavy atom. The number of rotatable bonds is 13. The topological polar surface area (TPSA) is 91.4 Å². The van der Waals surface area contributed by atoms with Crippen LogP contribution in [0.3, 0.4) is 0 Å². The number of hydrogen-bond acceptors (Lipinski definition) is 7. The highest BCUT2D eigenvalue weighted by atomic mass is 32.2. The Kier molecular flexibility index (Phi) is 10.2. The zero-order valence-electron chi connectivity index (χ0n) is 15.8. The van der Waals surface area contributed by atoms with Crippen LogP contribution < -0.4 is 9.04 Å². The van der Waals surface area contributed by atoms with Gasteiger partial charge in [0.05, 0.1) is 45.0 Å². The number of carbonyl (C=O) groups is 1. The summed E-state index contributed by atoms with van der Waals surface area (Å²) in [5.41, 5.74) is -0.105. The van der Waals surface area contributed by atoms with E-state index in [4.69, 9.17) is 18.9 Å². The van der Waals surface area contributed by atoms with Gasteiger partial charge in [0.15, 0.2) is 11.6 Å². The summed E-state index contributed by atoms with van der Waals surface area (Å²) in [6.45, 7) is 2.34. The molecule has 0 aliphatic heterocycles. The molecule has 0 unspecified atom stereocenters. The second-order valence-corrected chi connectivity index (χ2v) is 7.39. The van der Waals surface area contributed by atoms with E-state index in [0.717, 1.165) is 6.07 Å². The molecule has 0 saturated carbocycles. The Balaban J connectivity index is 2.84. The summed E-state index contributed by atoms with van der Waals surface area (Å²) in [5.74, 6) is -1.90. The molecular weight excluding hydrogens is 381 g/mol. The van der Waals surface area contributed by atoms with Crippen LogP contribution in [0, 0.1) is 5.82 Å². The Morgan fingerprint density at radius 1 is 1.11 bits per heavy atom. The number of anilines is 1. The zero-order chi connectivity index (χ0) is 20.3. The molecule has 1 aromatic rings. The number of carbonyl (C=O) groups excluding carboxylic acids is 1. The van der Waals surface area contributed by atoms with Crippen LogP contribution >= 0.6 is 0 Å². The molecule has 0 spiro atoms. The monoisotopic (exact) mass is 407 g/mol. The minimum Gasteiger partial charge on any atom is -0.494 e. The second-order valence-electron chi connectivity index (χ2n) is 5.45. The molecule has 27 heavy (non-hydrogen) atoms. The normalized spacial score (nSPS) is 11.4. The van der Waals surface area contributed by atoms with E-state index in [-0.39, 0.29) is 30.4 Å². The number of hydrogen-bond donors (Lipinski definition) is 0. The Morgan fingerprint density at radius 3 is 2.37 bits per heavy atom. The van der Waals surface area contributed by atoms with Crippen molar-refractivity contribution in [3.63, 3.8) is 0 Å². The third-order valence-corrected chi connectivity index (χ3v) is 5.26. The molecule has 0 bridgehead atoms. The first-order chi connectivity index (χ1) is 12.9. The summed E-state index contributed by atoms with van der Waals surface area (Å²) in [6.07, 6.45) is 0.305. The van der Waals surface area contributed by atoms with Crippen molar-refractivity contribution in [1.29, 1.82) is 0 Å². The maximum Gasteiger partial charge on any atom is 0.266 e. The van der Waals surface area contributed by atoms with Gasteiger partial charge in [-0.2, -0.15) is 0 Å². The average molecular weight is 407 g/mol.